The van der Waals surface area contributed by atoms with Gasteiger partial charge in [0.25, 0.3) is 0 Å². The number of carbonyl (C=O) groups excluding carboxylic acids is 1. The summed E-state index contributed by atoms with van der Waals surface area (Å²) >= 11 is 6.64. The molecule has 0 saturated heterocycles. The van der Waals surface area contributed by atoms with Gasteiger partial charge < -0.3 is 9.90 Å². The van der Waals surface area contributed by atoms with Gasteiger partial charge in [-0.05, 0) is 18.2 Å². The standard InChI is InChI=1S/C8H6ClFO2S/c9-6-3-5(10)1-2-7(6)13-4-8(11)12/h1-3H,4H2,(H,11,12)/p-1. The second-order valence-corrected chi connectivity index (χ2v) is 3.66. The lowest BCUT2D eigenvalue weighted by atomic mass is 10.3. The Morgan fingerprint density at radius 2 is 2.31 bits per heavy atom. The van der Waals surface area contributed by atoms with Gasteiger partial charge in [0.15, 0.2) is 0 Å². The van der Waals surface area contributed by atoms with Gasteiger partial charge in [-0.25, -0.2) is 4.39 Å². The zero-order chi connectivity index (χ0) is 9.84. The molecule has 0 aliphatic carbocycles. The van der Waals surface area contributed by atoms with Crippen molar-refractivity contribution in [3.05, 3.63) is 29.0 Å². The largest absolute Gasteiger partial charge is 0.549 e. The van der Waals surface area contributed by atoms with Gasteiger partial charge in [-0.1, -0.05) is 11.6 Å². The number of thioether (sulfide) groups is 1. The van der Waals surface area contributed by atoms with E-state index in [9.17, 15) is 14.3 Å². The van der Waals surface area contributed by atoms with Gasteiger partial charge in [-0.3, -0.25) is 0 Å². The maximum atomic E-state index is 12.5. The summed E-state index contributed by atoms with van der Waals surface area (Å²) in [7, 11) is 0. The lowest BCUT2D eigenvalue weighted by Gasteiger charge is -2.04. The van der Waals surface area contributed by atoms with Crippen LogP contribution in [0.4, 0.5) is 4.39 Å². The molecule has 0 bridgehead atoms. The van der Waals surface area contributed by atoms with Crippen LogP contribution in [-0.4, -0.2) is 11.7 Å². The topological polar surface area (TPSA) is 40.1 Å². The van der Waals surface area contributed by atoms with Crippen LogP contribution < -0.4 is 5.11 Å². The molecule has 0 heterocycles. The second kappa shape index (κ2) is 4.48. The molecule has 0 atom stereocenters. The summed E-state index contributed by atoms with van der Waals surface area (Å²) in [6.07, 6.45) is 0. The van der Waals surface area contributed by atoms with E-state index >= 15 is 0 Å². The van der Waals surface area contributed by atoms with Crippen molar-refractivity contribution in [1.29, 1.82) is 0 Å². The van der Waals surface area contributed by atoms with Crippen LogP contribution in [0.5, 0.6) is 0 Å². The average molecular weight is 220 g/mol. The summed E-state index contributed by atoms with van der Waals surface area (Å²) < 4.78 is 12.5. The van der Waals surface area contributed by atoms with Crippen LogP contribution in [-0.2, 0) is 4.79 Å². The third-order valence-electron chi connectivity index (χ3n) is 1.24. The lowest BCUT2D eigenvalue weighted by molar-refractivity contribution is -0.301. The highest BCUT2D eigenvalue weighted by Gasteiger charge is 2.01. The molecule has 0 aliphatic heterocycles. The Bertz CT molecular complexity index is 330. The SMILES string of the molecule is O=C([O-])CSc1ccc(F)cc1Cl. The predicted octanol–water partition coefficient (Wildman–Crippen LogP) is 1.32. The van der Waals surface area contributed by atoms with Gasteiger partial charge >= 0.3 is 0 Å². The van der Waals surface area contributed by atoms with Gasteiger partial charge in [0.05, 0.1) is 11.0 Å². The number of carbonyl (C=O) groups is 1. The third-order valence-corrected chi connectivity index (χ3v) is 2.71. The molecular formula is C8H5ClFO2S-. The van der Waals surface area contributed by atoms with E-state index in [1.807, 2.05) is 0 Å². The van der Waals surface area contributed by atoms with E-state index in [0.29, 0.717) is 4.90 Å². The molecule has 70 valence electrons. The van der Waals surface area contributed by atoms with Crippen molar-refractivity contribution in [2.24, 2.45) is 0 Å². The van der Waals surface area contributed by atoms with Crippen LogP contribution in [0.3, 0.4) is 0 Å². The first-order valence-electron chi connectivity index (χ1n) is 3.37. The lowest BCUT2D eigenvalue weighted by Crippen LogP contribution is -2.24. The van der Waals surface area contributed by atoms with Crippen LogP contribution in [0.15, 0.2) is 23.1 Å². The number of benzene rings is 1. The van der Waals surface area contributed by atoms with Crippen molar-refractivity contribution < 1.29 is 14.3 Å². The maximum Gasteiger partial charge on any atom is 0.124 e. The number of halogens is 2. The Balaban J connectivity index is 2.72. The van der Waals surface area contributed by atoms with Crippen LogP contribution >= 0.6 is 23.4 Å². The summed E-state index contributed by atoms with van der Waals surface area (Å²) in [6, 6.07) is 3.80. The summed E-state index contributed by atoms with van der Waals surface area (Å²) in [4.78, 5) is 10.6. The molecule has 1 rings (SSSR count). The molecule has 0 N–H and O–H groups in total. The Morgan fingerprint density at radius 3 is 2.85 bits per heavy atom. The Labute approximate surface area is 83.7 Å². The predicted molar refractivity (Wildman–Crippen MR) is 47.1 cm³/mol. The Hall–Kier alpha value is -0.740. The van der Waals surface area contributed by atoms with Crippen molar-refractivity contribution in [2.75, 3.05) is 5.75 Å². The highest BCUT2D eigenvalue weighted by Crippen LogP contribution is 2.27. The molecule has 0 spiro atoms. The molecule has 0 aromatic heterocycles. The van der Waals surface area contributed by atoms with E-state index < -0.39 is 11.8 Å². The van der Waals surface area contributed by atoms with Crippen LogP contribution in [0.2, 0.25) is 5.02 Å². The summed E-state index contributed by atoms with van der Waals surface area (Å²) in [6.45, 7) is 0. The molecule has 0 radical (unpaired) electrons. The number of hydrogen-bond donors (Lipinski definition) is 0. The number of hydrogen-bond acceptors (Lipinski definition) is 3. The van der Waals surface area contributed by atoms with Crippen molar-refractivity contribution in [3.8, 4) is 0 Å². The zero-order valence-electron chi connectivity index (χ0n) is 6.42. The van der Waals surface area contributed by atoms with E-state index in [-0.39, 0.29) is 10.8 Å². The van der Waals surface area contributed by atoms with Gasteiger partial charge in [0.2, 0.25) is 0 Å². The fourth-order valence-electron chi connectivity index (χ4n) is 0.729. The minimum absolute atomic E-state index is 0.189. The summed E-state index contributed by atoms with van der Waals surface area (Å²) in [5, 5.41) is 10.3. The van der Waals surface area contributed by atoms with E-state index in [0.717, 1.165) is 17.8 Å². The van der Waals surface area contributed by atoms with Crippen molar-refractivity contribution >= 4 is 29.3 Å². The van der Waals surface area contributed by atoms with Gasteiger partial charge in [0, 0.05) is 10.6 Å². The number of rotatable bonds is 3. The minimum atomic E-state index is -1.18. The molecule has 13 heavy (non-hydrogen) atoms. The van der Waals surface area contributed by atoms with E-state index in [4.69, 9.17) is 11.6 Å². The van der Waals surface area contributed by atoms with Crippen LogP contribution in [0.1, 0.15) is 0 Å². The van der Waals surface area contributed by atoms with Gasteiger partial charge in [-0.15, -0.1) is 11.8 Å². The number of carboxylic acid groups (broad SMARTS) is 1. The normalized spacial score (nSPS) is 10.0. The molecule has 0 fully saturated rings. The Kier molecular flexibility index (Phi) is 3.57. The Morgan fingerprint density at radius 1 is 1.62 bits per heavy atom. The van der Waals surface area contributed by atoms with Crippen molar-refractivity contribution in [1.82, 2.24) is 0 Å². The first kappa shape index (κ1) is 10.3. The third kappa shape index (κ3) is 3.24. The molecule has 1 aromatic rings. The smallest absolute Gasteiger partial charge is 0.124 e. The van der Waals surface area contributed by atoms with Crippen molar-refractivity contribution in [3.63, 3.8) is 0 Å². The molecule has 0 amide bonds. The monoisotopic (exact) mass is 219 g/mol. The van der Waals surface area contributed by atoms with Gasteiger partial charge in [-0.2, -0.15) is 0 Å². The van der Waals surface area contributed by atoms with E-state index in [2.05, 4.69) is 0 Å². The van der Waals surface area contributed by atoms with E-state index in [1.54, 1.807) is 0 Å². The highest BCUT2D eigenvalue weighted by molar-refractivity contribution is 8.00. The molecular weight excluding hydrogens is 215 g/mol. The first-order valence-corrected chi connectivity index (χ1v) is 4.73. The summed E-state index contributed by atoms with van der Waals surface area (Å²) in [5.41, 5.74) is 0. The fraction of sp³-hybridized carbons (Fsp3) is 0.125. The second-order valence-electron chi connectivity index (χ2n) is 2.24. The molecule has 0 saturated carbocycles. The molecule has 5 heteroatoms. The number of carboxylic acids is 1. The fourth-order valence-corrected chi connectivity index (χ4v) is 1.69. The average Bonchev–Trinajstić information content (AvgIpc) is 2.02. The molecule has 1 aromatic carbocycles. The molecule has 0 unspecified atom stereocenters. The summed E-state index contributed by atoms with van der Waals surface area (Å²) in [5.74, 6) is -1.81. The first-order chi connectivity index (χ1) is 6.09. The molecule has 2 nitrogen and oxygen atoms in total. The quantitative estimate of drug-likeness (QED) is 0.720. The van der Waals surface area contributed by atoms with Crippen LogP contribution in [0, 0.1) is 5.82 Å². The number of aliphatic carboxylic acids is 1. The minimum Gasteiger partial charge on any atom is -0.549 e. The molecule has 0 aliphatic rings. The van der Waals surface area contributed by atoms with Gasteiger partial charge in [0.1, 0.15) is 5.82 Å². The van der Waals surface area contributed by atoms with E-state index in [1.165, 1.54) is 12.1 Å². The maximum absolute atomic E-state index is 12.5. The highest BCUT2D eigenvalue weighted by atomic mass is 35.5. The zero-order valence-corrected chi connectivity index (χ0v) is 7.99. The van der Waals surface area contributed by atoms with Crippen molar-refractivity contribution in [2.45, 2.75) is 4.90 Å². The van der Waals surface area contributed by atoms with Crippen LogP contribution in [0.25, 0.3) is 0 Å².